The molecule has 0 aromatic carbocycles. The summed E-state index contributed by atoms with van der Waals surface area (Å²) in [6, 6.07) is 0. The summed E-state index contributed by atoms with van der Waals surface area (Å²) in [4.78, 5) is 0. The maximum atomic E-state index is 5.29. The zero-order valence-corrected chi connectivity index (χ0v) is 6.68. The highest BCUT2D eigenvalue weighted by atomic mass is 16.5. The predicted octanol–water partition coefficient (Wildman–Crippen LogP) is 2.44. The molecule has 58 valence electrons. The molecular weight excluding hydrogens is 124 g/mol. The number of ether oxygens (including phenoxy) is 1. The molecule has 0 aliphatic carbocycles. The molecule has 1 heteroatoms. The average Bonchev–Trinajstić information content (AvgIpc) is 2.13. The third kappa shape index (κ3) is 1.98. The summed E-state index contributed by atoms with van der Waals surface area (Å²) < 4.78 is 5.29. The molecule has 2 atom stereocenters. The Bertz CT molecular complexity index is 90.7. The Morgan fingerprint density at radius 2 is 2.50 bits per heavy atom. The maximum Gasteiger partial charge on any atom is 0.0836 e. The molecule has 1 heterocycles. The minimum Gasteiger partial charge on any atom is -0.375 e. The summed E-state index contributed by atoms with van der Waals surface area (Å²) in [5.41, 5.74) is 0. The highest BCUT2D eigenvalue weighted by molar-refractivity contribution is 4.72. The van der Waals surface area contributed by atoms with E-state index < -0.39 is 0 Å². The van der Waals surface area contributed by atoms with Crippen molar-refractivity contribution in [2.75, 3.05) is 6.61 Å². The van der Waals surface area contributed by atoms with Crippen LogP contribution in [0.5, 0.6) is 0 Å². The van der Waals surface area contributed by atoms with Gasteiger partial charge < -0.3 is 4.74 Å². The second-order valence-electron chi connectivity index (χ2n) is 3.10. The van der Waals surface area contributed by atoms with Crippen molar-refractivity contribution in [2.45, 2.75) is 26.2 Å². The molecule has 0 aromatic heterocycles. The summed E-state index contributed by atoms with van der Waals surface area (Å²) >= 11 is 0. The molecular formula is C9H16O. The molecule has 0 saturated carbocycles. The summed E-state index contributed by atoms with van der Waals surface area (Å²) in [5.74, 6) is 1.47. The molecule has 0 spiro atoms. The van der Waals surface area contributed by atoms with Gasteiger partial charge in [0.2, 0.25) is 0 Å². The normalized spacial score (nSPS) is 35.4. The maximum absolute atomic E-state index is 5.29. The lowest BCUT2D eigenvalue weighted by molar-refractivity contribution is 0.156. The lowest BCUT2D eigenvalue weighted by Crippen LogP contribution is -2.12. The van der Waals surface area contributed by atoms with Gasteiger partial charge in [-0.1, -0.05) is 20.3 Å². The first-order valence-electron chi connectivity index (χ1n) is 4.07. The zero-order valence-electron chi connectivity index (χ0n) is 6.68. The van der Waals surface area contributed by atoms with E-state index in [0.29, 0.717) is 5.92 Å². The van der Waals surface area contributed by atoms with Gasteiger partial charge in [-0.15, -0.1) is 0 Å². The van der Waals surface area contributed by atoms with Crippen LogP contribution in [0.1, 0.15) is 26.2 Å². The van der Waals surface area contributed by atoms with Gasteiger partial charge in [-0.3, -0.25) is 0 Å². The highest BCUT2D eigenvalue weighted by Gasteiger charge is 2.17. The Balaban J connectivity index is 2.35. The van der Waals surface area contributed by atoms with Crippen molar-refractivity contribution in [1.82, 2.24) is 0 Å². The third-order valence-electron chi connectivity index (χ3n) is 2.31. The average molecular weight is 140 g/mol. The van der Waals surface area contributed by atoms with Crippen molar-refractivity contribution in [3.8, 4) is 0 Å². The van der Waals surface area contributed by atoms with Crippen molar-refractivity contribution in [3.05, 3.63) is 13.5 Å². The van der Waals surface area contributed by atoms with E-state index in [1.807, 2.05) is 6.61 Å². The van der Waals surface area contributed by atoms with Gasteiger partial charge in [0.15, 0.2) is 0 Å². The first-order chi connectivity index (χ1) is 4.84. The van der Waals surface area contributed by atoms with Crippen LogP contribution >= 0.6 is 0 Å². The van der Waals surface area contributed by atoms with Gasteiger partial charge >= 0.3 is 0 Å². The van der Waals surface area contributed by atoms with E-state index in [9.17, 15) is 0 Å². The minimum atomic E-state index is 0.691. The van der Waals surface area contributed by atoms with Crippen LogP contribution in [0, 0.1) is 25.4 Å². The van der Waals surface area contributed by atoms with Crippen LogP contribution in [0.4, 0.5) is 0 Å². The van der Waals surface area contributed by atoms with Gasteiger partial charge in [-0.05, 0) is 24.7 Å². The fourth-order valence-corrected chi connectivity index (χ4v) is 1.43. The van der Waals surface area contributed by atoms with Crippen LogP contribution in [-0.4, -0.2) is 6.61 Å². The SMILES string of the molecule is [CH2]CC1CC[CH]OCC1C. The van der Waals surface area contributed by atoms with Crippen molar-refractivity contribution in [1.29, 1.82) is 0 Å². The molecule has 1 rings (SSSR count). The molecule has 0 bridgehead atoms. The van der Waals surface area contributed by atoms with E-state index >= 15 is 0 Å². The van der Waals surface area contributed by atoms with Gasteiger partial charge in [0, 0.05) is 6.61 Å². The summed E-state index contributed by atoms with van der Waals surface area (Å²) in [6.07, 6.45) is 3.41. The molecule has 1 saturated heterocycles. The second kappa shape index (κ2) is 3.97. The summed E-state index contributed by atoms with van der Waals surface area (Å²) in [7, 11) is 0. The zero-order chi connectivity index (χ0) is 7.40. The van der Waals surface area contributed by atoms with Crippen molar-refractivity contribution >= 4 is 0 Å². The van der Waals surface area contributed by atoms with Crippen LogP contribution < -0.4 is 0 Å². The summed E-state index contributed by atoms with van der Waals surface area (Å²) in [6.45, 7) is 9.00. The second-order valence-corrected chi connectivity index (χ2v) is 3.10. The Morgan fingerprint density at radius 3 is 3.20 bits per heavy atom. The lowest BCUT2D eigenvalue weighted by Gasteiger charge is -2.17. The molecule has 0 aromatic rings. The van der Waals surface area contributed by atoms with Gasteiger partial charge in [0.05, 0.1) is 6.61 Å². The van der Waals surface area contributed by atoms with Gasteiger partial charge in [0.25, 0.3) is 0 Å². The topological polar surface area (TPSA) is 9.23 Å². The lowest BCUT2D eigenvalue weighted by atomic mass is 9.89. The first-order valence-corrected chi connectivity index (χ1v) is 4.07. The van der Waals surface area contributed by atoms with Crippen LogP contribution in [0.2, 0.25) is 0 Å². The minimum absolute atomic E-state index is 0.691. The Morgan fingerprint density at radius 1 is 1.70 bits per heavy atom. The van der Waals surface area contributed by atoms with Gasteiger partial charge in [0.1, 0.15) is 0 Å². The van der Waals surface area contributed by atoms with Crippen LogP contribution in [0.15, 0.2) is 0 Å². The highest BCUT2D eigenvalue weighted by Crippen LogP contribution is 2.25. The van der Waals surface area contributed by atoms with E-state index in [2.05, 4.69) is 13.8 Å². The molecule has 2 unspecified atom stereocenters. The van der Waals surface area contributed by atoms with Crippen molar-refractivity contribution < 1.29 is 4.74 Å². The molecule has 0 amide bonds. The van der Waals surface area contributed by atoms with Crippen molar-refractivity contribution in [3.63, 3.8) is 0 Å². The molecule has 0 N–H and O–H groups in total. The van der Waals surface area contributed by atoms with E-state index in [-0.39, 0.29) is 0 Å². The standard InChI is InChI=1S/C9H16O/c1-3-9-5-4-6-10-7-8(9)2/h6,8-9H,1,3-5,7H2,2H3. The molecule has 10 heavy (non-hydrogen) atoms. The van der Waals surface area contributed by atoms with Gasteiger partial charge in [-0.25, -0.2) is 0 Å². The molecule has 1 nitrogen and oxygen atoms in total. The van der Waals surface area contributed by atoms with E-state index in [0.717, 1.165) is 25.4 Å². The Hall–Kier alpha value is -0.0400. The number of hydrogen-bond acceptors (Lipinski definition) is 1. The molecule has 1 aliphatic rings. The summed E-state index contributed by atoms with van der Waals surface area (Å²) in [5, 5.41) is 0. The molecule has 1 aliphatic heterocycles. The van der Waals surface area contributed by atoms with E-state index in [1.165, 1.54) is 6.42 Å². The van der Waals surface area contributed by atoms with E-state index in [4.69, 9.17) is 4.74 Å². The quantitative estimate of drug-likeness (QED) is 0.543. The predicted molar refractivity (Wildman–Crippen MR) is 42.1 cm³/mol. The fourth-order valence-electron chi connectivity index (χ4n) is 1.43. The Kier molecular flexibility index (Phi) is 3.20. The van der Waals surface area contributed by atoms with Gasteiger partial charge in [-0.2, -0.15) is 0 Å². The van der Waals surface area contributed by atoms with Crippen molar-refractivity contribution in [2.24, 2.45) is 11.8 Å². The van der Waals surface area contributed by atoms with Crippen LogP contribution in [0.25, 0.3) is 0 Å². The molecule has 1 fully saturated rings. The fraction of sp³-hybridized carbons (Fsp3) is 0.778. The first kappa shape index (κ1) is 8.06. The number of hydrogen-bond donors (Lipinski definition) is 0. The third-order valence-corrected chi connectivity index (χ3v) is 2.31. The van der Waals surface area contributed by atoms with Crippen LogP contribution in [-0.2, 0) is 4.74 Å². The van der Waals surface area contributed by atoms with Crippen LogP contribution in [0.3, 0.4) is 0 Å². The smallest absolute Gasteiger partial charge is 0.0836 e. The number of rotatable bonds is 1. The Labute approximate surface area is 63.8 Å². The molecule has 2 radical (unpaired) electrons. The van der Waals surface area contributed by atoms with E-state index in [1.54, 1.807) is 0 Å². The monoisotopic (exact) mass is 140 g/mol. The largest absolute Gasteiger partial charge is 0.375 e.